The van der Waals surface area contributed by atoms with E-state index in [1.807, 2.05) is 19.2 Å². The second kappa shape index (κ2) is 9.56. The maximum absolute atomic E-state index is 12.2. The van der Waals surface area contributed by atoms with Crippen molar-refractivity contribution in [3.05, 3.63) is 24.3 Å². The summed E-state index contributed by atoms with van der Waals surface area (Å²) in [5.41, 5.74) is 6.33. The van der Waals surface area contributed by atoms with Crippen LogP contribution in [-0.2, 0) is 14.3 Å². The first-order valence-electron chi connectivity index (χ1n) is 9.90. The summed E-state index contributed by atoms with van der Waals surface area (Å²) in [7, 11) is 3.65. The van der Waals surface area contributed by atoms with E-state index in [1.165, 1.54) is 5.69 Å². The summed E-state index contributed by atoms with van der Waals surface area (Å²) >= 11 is 0. The number of likely N-dealkylation sites (N-methyl/N-ethyl adjacent to an activating group) is 1. The lowest BCUT2D eigenvalue weighted by Gasteiger charge is -2.49. The van der Waals surface area contributed by atoms with Gasteiger partial charge in [0.05, 0.1) is 6.61 Å². The van der Waals surface area contributed by atoms with E-state index in [1.54, 1.807) is 7.11 Å². The standard InChI is InChI=1S/C20H32N4O4/c1-22(20(19(21)25)7-13-27-14-8-20)24-11-9-23(10-12-24)17-3-5-18(6-4-17)28-16-15-26-2/h3-6H,7-16H2,1-2H3,(H2,21,25). The molecule has 2 fully saturated rings. The van der Waals surface area contributed by atoms with Gasteiger partial charge >= 0.3 is 0 Å². The quantitative estimate of drug-likeness (QED) is 0.653. The third-order valence-corrected chi connectivity index (χ3v) is 5.84. The van der Waals surface area contributed by atoms with Crippen LogP contribution >= 0.6 is 0 Å². The van der Waals surface area contributed by atoms with Gasteiger partial charge in [0.2, 0.25) is 5.91 Å². The number of hydrogen-bond acceptors (Lipinski definition) is 7. The van der Waals surface area contributed by atoms with Gasteiger partial charge < -0.3 is 24.8 Å². The number of hydrazine groups is 1. The Hall–Kier alpha value is -1.87. The smallest absolute Gasteiger partial charge is 0.239 e. The molecule has 0 aliphatic carbocycles. The van der Waals surface area contributed by atoms with E-state index in [0.29, 0.717) is 39.3 Å². The van der Waals surface area contributed by atoms with Crippen molar-refractivity contribution in [1.82, 2.24) is 10.0 Å². The summed E-state index contributed by atoms with van der Waals surface area (Å²) in [6.45, 7) is 5.75. The molecule has 1 aromatic rings. The van der Waals surface area contributed by atoms with Gasteiger partial charge in [0.15, 0.2) is 0 Å². The molecule has 0 saturated carbocycles. The third kappa shape index (κ3) is 4.57. The number of methoxy groups -OCH3 is 1. The fourth-order valence-corrected chi connectivity index (χ4v) is 3.96. The third-order valence-electron chi connectivity index (χ3n) is 5.84. The molecule has 2 aliphatic heterocycles. The van der Waals surface area contributed by atoms with E-state index in [4.69, 9.17) is 19.9 Å². The second-order valence-corrected chi connectivity index (χ2v) is 7.31. The first-order valence-corrected chi connectivity index (χ1v) is 9.90. The molecular weight excluding hydrogens is 360 g/mol. The fraction of sp³-hybridized carbons (Fsp3) is 0.650. The van der Waals surface area contributed by atoms with Crippen LogP contribution in [0.25, 0.3) is 0 Å². The number of carbonyl (C=O) groups is 1. The molecule has 2 N–H and O–H groups in total. The predicted molar refractivity (Wildman–Crippen MR) is 107 cm³/mol. The highest BCUT2D eigenvalue weighted by atomic mass is 16.5. The van der Waals surface area contributed by atoms with Crippen LogP contribution in [0, 0.1) is 0 Å². The molecule has 8 heteroatoms. The topological polar surface area (TPSA) is 80.5 Å². The number of ether oxygens (including phenoxy) is 3. The van der Waals surface area contributed by atoms with Crippen molar-refractivity contribution in [3.8, 4) is 5.75 Å². The average Bonchev–Trinajstić information content (AvgIpc) is 2.74. The normalized spacial score (nSPS) is 20.3. The summed E-state index contributed by atoms with van der Waals surface area (Å²) in [5, 5.41) is 4.32. The van der Waals surface area contributed by atoms with Crippen LogP contribution in [0.5, 0.6) is 5.75 Å². The van der Waals surface area contributed by atoms with Crippen molar-refractivity contribution < 1.29 is 19.0 Å². The van der Waals surface area contributed by atoms with Crippen molar-refractivity contribution in [2.45, 2.75) is 18.4 Å². The zero-order valence-electron chi connectivity index (χ0n) is 16.9. The number of nitrogens with two attached hydrogens (primary N) is 1. The number of carbonyl (C=O) groups excluding carboxylic acids is 1. The molecule has 28 heavy (non-hydrogen) atoms. The van der Waals surface area contributed by atoms with E-state index in [2.05, 4.69) is 27.1 Å². The van der Waals surface area contributed by atoms with Gasteiger partial charge in [0, 0.05) is 59.2 Å². The Kier molecular flexibility index (Phi) is 7.12. The highest BCUT2D eigenvalue weighted by Crippen LogP contribution is 2.29. The van der Waals surface area contributed by atoms with E-state index < -0.39 is 5.54 Å². The molecule has 0 bridgehead atoms. The van der Waals surface area contributed by atoms with Gasteiger partial charge in [-0.25, -0.2) is 10.0 Å². The van der Waals surface area contributed by atoms with Crippen molar-refractivity contribution in [2.24, 2.45) is 5.73 Å². The van der Waals surface area contributed by atoms with Gasteiger partial charge in [-0.3, -0.25) is 4.79 Å². The van der Waals surface area contributed by atoms with Gasteiger partial charge in [0.25, 0.3) is 0 Å². The van der Waals surface area contributed by atoms with Crippen LogP contribution < -0.4 is 15.4 Å². The van der Waals surface area contributed by atoms with Crippen LogP contribution in [0.4, 0.5) is 5.69 Å². The molecule has 8 nitrogen and oxygen atoms in total. The Bertz CT molecular complexity index is 626. The molecule has 0 spiro atoms. The number of anilines is 1. The molecule has 3 rings (SSSR count). The fourth-order valence-electron chi connectivity index (χ4n) is 3.96. The molecule has 2 heterocycles. The Morgan fingerprint density at radius 3 is 2.36 bits per heavy atom. The Balaban J connectivity index is 1.55. The maximum Gasteiger partial charge on any atom is 0.239 e. The monoisotopic (exact) mass is 392 g/mol. The lowest BCUT2D eigenvalue weighted by molar-refractivity contribution is -0.160. The molecule has 156 valence electrons. The molecule has 0 aromatic heterocycles. The number of amides is 1. The second-order valence-electron chi connectivity index (χ2n) is 7.31. The molecule has 2 saturated heterocycles. The predicted octanol–water partition coefficient (Wildman–Crippen LogP) is 0.715. The number of nitrogens with zero attached hydrogens (tertiary/aromatic N) is 3. The van der Waals surface area contributed by atoms with Crippen LogP contribution in [0.1, 0.15) is 12.8 Å². The number of piperazine rings is 1. The minimum absolute atomic E-state index is 0.259. The zero-order chi connectivity index (χ0) is 20.0. The van der Waals surface area contributed by atoms with Gasteiger partial charge in [0.1, 0.15) is 17.9 Å². The molecule has 0 unspecified atom stereocenters. The van der Waals surface area contributed by atoms with Crippen LogP contribution in [-0.4, -0.2) is 88.2 Å². The molecule has 2 aliphatic rings. The minimum Gasteiger partial charge on any atom is -0.491 e. The van der Waals surface area contributed by atoms with Gasteiger partial charge in [-0.1, -0.05) is 0 Å². The maximum atomic E-state index is 12.2. The first kappa shape index (κ1) is 20.9. The molecular formula is C20H32N4O4. The zero-order valence-corrected chi connectivity index (χ0v) is 16.9. The number of hydrogen-bond donors (Lipinski definition) is 1. The first-order chi connectivity index (χ1) is 13.6. The summed E-state index contributed by atoms with van der Waals surface area (Å²) in [6, 6.07) is 8.16. The lowest BCUT2D eigenvalue weighted by Crippen LogP contribution is -2.66. The highest BCUT2D eigenvalue weighted by molar-refractivity contribution is 5.84. The minimum atomic E-state index is -0.637. The average molecular weight is 393 g/mol. The largest absolute Gasteiger partial charge is 0.491 e. The number of rotatable bonds is 8. The lowest BCUT2D eigenvalue weighted by atomic mass is 9.88. The Morgan fingerprint density at radius 2 is 1.79 bits per heavy atom. The van der Waals surface area contributed by atoms with E-state index in [0.717, 1.165) is 31.9 Å². The summed E-state index contributed by atoms with van der Waals surface area (Å²) < 4.78 is 16.1. The molecule has 1 amide bonds. The molecule has 0 radical (unpaired) electrons. The van der Waals surface area contributed by atoms with Gasteiger partial charge in [-0.05, 0) is 37.1 Å². The number of benzene rings is 1. The van der Waals surface area contributed by atoms with Crippen LogP contribution in [0.2, 0.25) is 0 Å². The van der Waals surface area contributed by atoms with E-state index in [-0.39, 0.29) is 5.91 Å². The number of primary amides is 1. The van der Waals surface area contributed by atoms with Crippen LogP contribution in [0.15, 0.2) is 24.3 Å². The van der Waals surface area contributed by atoms with E-state index >= 15 is 0 Å². The highest BCUT2D eigenvalue weighted by Gasteiger charge is 2.45. The summed E-state index contributed by atoms with van der Waals surface area (Å²) in [5.74, 6) is 0.590. The van der Waals surface area contributed by atoms with Crippen molar-refractivity contribution in [1.29, 1.82) is 0 Å². The van der Waals surface area contributed by atoms with Crippen molar-refractivity contribution in [2.75, 3.05) is 71.7 Å². The van der Waals surface area contributed by atoms with Gasteiger partial charge in [-0.2, -0.15) is 0 Å². The van der Waals surface area contributed by atoms with Crippen molar-refractivity contribution in [3.63, 3.8) is 0 Å². The molecule has 0 atom stereocenters. The van der Waals surface area contributed by atoms with Crippen molar-refractivity contribution >= 4 is 11.6 Å². The Labute approximate surface area is 167 Å². The summed E-state index contributed by atoms with van der Waals surface area (Å²) in [6.07, 6.45) is 1.28. The van der Waals surface area contributed by atoms with Crippen LogP contribution in [0.3, 0.4) is 0 Å². The van der Waals surface area contributed by atoms with Gasteiger partial charge in [-0.15, -0.1) is 0 Å². The Morgan fingerprint density at radius 1 is 1.14 bits per heavy atom. The SMILES string of the molecule is COCCOc1ccc(N2CCN(N(C)C3(C(N)=O)CCOCC3)CC2)cc1. The van der Waals surface area contributed by atoms with E-state index in [9.17, 15) is 4.79 Å². The molecule has 1 aromatic carbocycles. The summed E-state index contributed by atoms with van der Waals surface area (Å²) in [4.78, 5) is 14.6.